The number of carbonyl (C=O) groups is 1. The third kappa shape index (κ3) is 3.34. The Hall–Kier alpha value is -1.82. The smallest absolute Gasteiger partial charge is 0.255 e. The van der Waals surface area contributed by atoms with Crippen molar-refractivity contribution in [2.75, 3.05) is 20.2 Å². The molecule has 6 heteroatoms. The average molecular weight is 349 g/mol. The van der Waals surface area contributed by atoms with E-state index in [0.29, 0.717) is 22.1 Å². The van der Waals surface area contributed by atoms with Crippen LogP contribution in [0.4, 0.5) is 0 Å². The lowest BCUT2D eigenvalue weighted by Crippen LogP contribution is -2.36. The molecule has 0 aliphatic carbocycles. The zero-order valence-corrected chi connectivity index (χ0v) is 14.5. The van der Waals surface area contributed by atoms with E-state index in [1.165, 1.54) is 0 Å². The molecule has 0 saturated carbocycles. The first-order valence-electron chi connectivity index (χ1n) is 7.97. The number of carbonyl (C=O) groups excluding carboxylic acids is 1. The van der Waals surface area contributed by atoms with Crippen molar-refractivity contribution in [2.24, 2.45) is 0 Å². The monoisotopic (exact) mass is 348 g/mol. The standard InChI is InChI=1S/C18H21ClN2O3/c1-11-15(8-17(24-11)14-5-3-4-6-16(14)19)18(23)20-12-7-13(10-22)21(2)9-12/h3-6,8,12-13,22H,7,9-10H2,1-2H3,(H,20,23). The Kier molecular flexibility index (Phi) is 4.94. The third-order valence-electron chi connectivity index (χ3n) is 4.54. The molecule has 2 aromatic rings. The molecule has 0 bridgehead atoms. The van der Waals surface area contributed by atoms with Gasteiger partial charge in [-0.1, -0.05) is 23.7 Å². The van der Waals surface area contributed by atoms with Crippen LogP contribution in [0.1, 0.15) is 22.5 Å². The molecular formula is C18H21ClN2O3. The van der Waals surface area contributed by atoms with Crippen LogP contribution in [-0.2, 0) is 0 Å². The SMILES string of the molecule is Cc1oc(-c2ccccc2Cl)cc1C(=O)NC1CC(CO)N(C)C1. The number of nitrogens with one attached hydrogen (secondary N) is 1. The van der Waals surface area contributed by atoms with Gasteiger partial charge in [0.2, 0.25) is 0 Å². The van der Waals surface area contributed by atoms with E-state index in [4.69, 9.17) is 16.0 Å². The quantitative estimate of drug-likeness (QED) is 0.891. The molecule has 5 nitrogen and oxygen atoms in total. The van der Waals surface area contributed by atoms with Crippen LogP contribution < -0.4 is 5.32 Å². The Morgan fingerprint density at radius 2 is 2.21 bits per heavy atom. The van der Waals surface area contributed by atoms with Crippen molar-refractivity contribution in [3.63, 3.8) is 0 Å². The van der Waals surface area contributed by atoms with Crippen LogP contribution in [0.5, 0.6) is 0 Å². The molecule has 2 N–H and O–H groups in total. The molecule has 128 valence electrons. The summed E-state index contributed by atoms with van der Waals surface area (Å²) < 4.78 is 5.73. The van der Waals surface area contributed by atoms with E-state index in [1.54, 1.807) is 19.1 Å². The summed E-state index contributed by atoms with van der Waals surface area (Å²) in [7, 11) is 1.95. The number of aliphatic hydroxyl groups excluding tert-OH is 1. The van der Waals surface area contributed by atoms with Gasteiger partial charge in [0.25, 0.3) is 5.91 Å². The zero-order valence-electron chi connectivity index (χ0n) is 13.8. The van der Waals surface area contributed by atoms with Crippen LogP contribution >= 0.6 is 11.6 Å². The van der Waals surface area contributed by atoms with E-state index in [9.17, 15) is 9.90 Å². The topological polar surface area (TPSA) is 65.7 Å². The average Bonchev–Trinajstić information content (AvgIpc) is 3.10. The molecular weight excluding hydrogens is 328 g/mol. The van der Waals surface area contributed by atoms with E-state index >= 15 is 0 Å². The molecule has 24 heavy (non-hydrogen) atoms. The molecule has 1 fully saturated rings. The minimum atomic E-state index is -0.161. The zero-order chi connectivity index (χ0) is 17.3. The van der Waals surface area contributed by atoms with Gasteiger partial charge in [0.1, 0.15) is 11.5 Å². The highest BCUT2D eigenvalue weighted by Crippen LogP contribution is 2.31. The molecule has 1 aliphatic heterocycles. The Bertz CT molecular complexity index is 744. The van der Waals surface area contributed by atoms with Gasteiger partial charge in [-0.05, 0) is 38.6 Å². The number of furan rings is 1. The van der Waals surface area contributed by atoms with Crippen LogP contribution in [0, 0.1) is 6.92 Å². The van der Waals surface area contributed by atoms with Crippen LogP contribution in [0.15, 0.2) is 34.7 Å². The molecule has 0 radical (unpaired) electrons. The van der Waals surface area contributed by atoms with Crippen molar-refractivity contribution >= 4 is 17.5 Å². The number of amides is 1. The highest BCUT2D eigenvalue weighted by molar-refractivity contribution is 6.33. The molecule has 2 atom stereocenters. The van der Waals surface area contributed by atoms with E-state index in [2.05, 4.69) is 10.2 Å². The van der Waals surface area contributed by atoms with Crippen molar-refractivity contribution in [1.29, 1.82) is 0 Å². The predicted molar refractivity (Wildman–Crippen MR) is 93.3 cm³/mol. The number of rotatable bonds is 4. The minimum Gasteiger partial charge on any atom is -0.460 e. The second-order valence-corrected chi connectivity index (χ2v) is 6.65. The Balaban J connectivity index is 1.76. The van der Waals surface area contributed by atoms with Gasteiger partial charge in [0.05, 0.1) is 17.2 Å². The fraction of sp³-hybridized carbons (Fsp3) is 0.389. The lowest BCUT2D eigenvalue weighted by Gasteiger charge is -2.15. The largest absolute Gasteiger partial charge is 0.460 e. The Morgan fingerprint density at radius 3 is 2.88 bits per heavy atom. The molecule has 1 amide bonds. The fourth-order valence-corrected chi connectivity index (χ4v) is 3.39. The third-order valence-corrected chi connectivity index (χ3v) is 4.87. The van der Waals surface area contributed by atoms with Crippen LogP contribution in [-0.4, -0.2) is 48.2 Å². The number of likely N-dealkylation sites (N-methyl/N-ethyl adjacent to an activating group) is 1. The maximum Gasteiger partial charge on any atom is 0.255 e. The molecule has 2 unspecified atom stereocenters. The first-order valence-corrected chi connectivity index (χ1v) is 8.34. The molecule has 1 aromatic heterocycles. The summed E-state index contributed by atoms with van der Waals surface area (Å²) in [5.74, 6) is 0.985. The van der Waals surface area contributed by atoms with E-state index in [-0.39, 0.29) is 24.6 Å². The maximum atomic E-state index is 12.6. The first-order chi connectivity index (χ1) is 11.5. The van der Waals surface area contributed by atoms with E-state index in [0.717, 1.165) is 18.5 Å². The summed E-state index contributed by atoms with van der Waals surface area (Å²) in [6.07, 6.45) is 0.743. The second kappa shape index (κ2) is 6.97. The first kappa shape index (κ1) is 17.0. The number of benzene rings is 1. The van der Waals surface area contributed by atoms with Gasteiger partial charge >= 0.3 is 0 Å². The summed E-state index contributed by atoms with van der Waals surface area (Å²) in [6, 6.07) is 9.23. The van der Waals surface area contributed by atoms with Gasteiger partial charge in [-0.15, -0.1) is 0 Å². The summed E-state index contributed by atoms with van der Waals surface area (Å²) in [6.45, 7) is 2.60. The van der Waals surface area contributed by atoms with E-state index < -0.39 is 0 Å². The number of nitrogens with zero attached hydrogens (tertiary/aromatic N) is 1. The number of hydrogen-bond acceptors (Lipinski definition) is 4. The Labute approximate surface area is 146 Å². The lowest BCUT2D eigenvalue weighted by atomic mass is 10.1. The van der Waals surface area contributed by atoms with Gasteiger partial charge in [-0.25, -0.2) is 0 Å². The number of halogens is 1. The number of likely N-dealkylation sites (tertiary alicyclic amines) is 1. The molecule has 0 spiro atoms. The van der Waals surface area contributed by atoms with Gasteiger partial charge in [0.15, 0.2) is 0 Å². The fourth-order valence-electron chi connectivity index (χ4n) is 3.16. The van der Waals surface area contributed by atoms with Gasteiger partial charge in [0, 0.05) is 24.2 Å². The predicted octanol–water partition coefficient (Wildman–Crippen LogP) is 2.70. The van der Waals surface area contributed by atoms with Crippen LogP contribution in [0.3, 0.4) is 0 Å². The number of aliphatic hydroxyl groups is 1. The Morgan fingerprint density at radius 1 is 1.46 bits per heavy atom. The van der Waals surface area contributed by atoms with Gasteiger partial charge in [-0.2, -0.15) is 0 Å². The van der Waals surface area contributed by atoms with Crippen molar-refractivity contribution in [2.45, 2.75) is 25.4 Å². The van der Waals surface area contributed by atoms with Crippen molar-refractivity contribution in [1.82, 2.24) is 10.2 Å². The number of aryl methyl sites for hydroxylation is 1. The highest BCUT2D eigenvalue weighted by Gasteiger charge is 2.30. The second-order valence-electron chi connectivity index (χ2n) is 6.24. The number of hydrogen-bond donors (Lipinski definition) is 2. The summed E-state index contributed by atoms with van der Waals surface area (Å²) >= 11 is 6.20. The normalized spacial score (nSPS) is 21.2. The maximum absolute atomic E-state index is 12.6. The molecule has 1 aromatic carbocycles. The van der Waals surface area contributed by atoms with Gasteiger partial charge < -0.3 is 14.8 Å². The molecule has 1 saturated heterocycles. The van der Waals surface area contributed by atoms with Crippen LogP contribution in [0.2, 0.25) is 5.02 Å². The molecule has 1 aliphatic rings. The molecule has 3 rings (SSSR count). The lowest BCUT2D eigenvalue weighted by molar-refractivity contribution is 0.0936. The summed E-state index contributed by atoms with van der Waals surface area (Å²) in [5.41, 5.74) is 1.28. The minimum absolute atomic E-state index is 0.0257. The molecule has 2 heterocycles. The van der Waals surface area contributed by atoms with Gasteiger partial charge in [-0.3, -0.25) is 9.69 Å². The van der Waals surface area contributed by atoms with Crippen LogP contribution in [0.25, 0.3) is 11.3 Å². The van der Waals surface area contributed by atoms with Crippen molar-refractivity contribution < 1.29 is 14.3 Å². The highest BCUT2D eigenvalue weighted by atomic mass is 35.5. The van der Waals surface area contributed by atoms with Crippen molar-refractivity contribution in [3.05, 3.63) is 46.7 Å². The summed E-state index contributed by atoms with van der Waals surface area (Å²) in [5, 5.41) is 12.9. The van der Waals surface area contributed by atoms with Crippen molar-refractivity contribution in [3.8, 4) is 11.3 Å². The van der Waals surface area contributed by atoms with E-state index in [1.807, 2.05) is 25.2 Å². The summed E-state index contributed by atoms with van der Waals surface area (Å²) in [4.78, 5) is 14.6.